The SMILES string of the molecule is O=S(=O)(c1ccc(C(CC2CCOCC2)c2ccc(-c3ncc(CO)s3)[nH]2)cc1)C1CC1. The lowest BCUT2D eigenvalue weighted by atomic mass is 9.83. The number of nitrogens with one attached hydrogen (secondary N) is 1. The smallest absolute Gasteiger partial charge is 0.181 e. The fourth-order valence-corrected chi connectivity index (χ4v) is 6.87. The molecule has 1 saturated heterocycles. The number of thiazole rings is 1. The second-order valence-corrected chi connectivity index (χ2v) is 12.1. The Morgan fingerprint density at radius 1 is 1.09 bits per heavy atom. The highest BCUT2D eigenvalue weighted by molar-refractivity contribution is 7.92. The Morgan fingerprint density at radius 3 is 2.50 bits per heavy atom. The molecule has 8 heteroatoms. The van der Waals surface area contributed by atoms with Crippen LogP contribution in [0.2, 0.25) is 0 Å². The number of hydrogen-bond donors (Lipinski definition) is 2. The maximum absolute atomic E-state index is 12.6. The van der Waals surface area contributed by atoms with E-state index < -0.39 is 9.84 Å². The molecule has 1 aromatic carbocycles. The number of benzene rings is 1. The van der Waals surface area contributed by atoms with Crippen LogP contribution in [0, 0.1) is 5.92 Å². The van der Waals surface area contributed by atoms with E-state index in [1.165, 1.54) is 11.3 Å². The molecule has 32 heavy (non-hydrogen) atoms. The second-order valence-electron chi connectivity index (χ2n) is 8.77. The van der Waals surface area contributed by atoms with Gasteiger partial charge in [-0.05, 0) is 67.9 Å². The molecule has 1 aliphatic heterocycles. The number of ether oxygens (including phenoxy) is 1. The normalized spacial score (nSPS) is 18.7. The summed E-state index contributed by atoms with van der Waals surface area (Å²) in [6.45, 7) is 1.59. The highest BCUT2D eigenvalue weighted by atomic mass is 32.2. The number of aromatic amines is 1. The topological polar surface area (TPSA) is 92.3 Å². The highest BCUT2D eigenvalue weighted by Gasteiger charge is 2.37. The summed E-state index contributed by atoms with van der Waals surface area (Å²) in [5.41, 5.74) is 3.16. The maximum atomic E-state index is 12.6. The zero-order valence-electron chi connectivity index (χ0n) is 17.9. The lowest BCUT2D eigenvalue weighted by Crippen LogP contribution is -2.19. The van der Waals surface area contributed by atoms with Crippen LogP contribution in [-0.4, -0.2) is 42.0 Å². The molecular weight excluding hydrogens is 444 g/mol. The van der Waals surface area contributed by atoms with Crippen molar-refractivity contribution in [1.82, 2.24) is 9.97 Å². The summed E-state index contributed by atoms with van der Waals surface area (Å²) in [7, 11) is -3.18. The molecular formula is C24H28N2O4S2. The Balaban J connectivity index is 1.44. The number of rotatable bonds is 8. The van der Waals surface area contributed by atoms with Gasteiger partial charge in [0.05, 0.1) is 27.3 Å². The van der Waals surface area contributed by atoms with Crippen molar-refractivity contribution in [3.8, 4) is 10.7 Å². The predicted octanol–water partition coefficient (Wildman–Crippen LogP) is 4.52. The lowest BCUT2D eigenvalue weighted by Gasteiger charge is -2.27. The zero-order valence-corrected chi connectivity index (χ0v) is 19.5. The van der Waals surface area contributed by atoms with Crippen molar-refractivity contribution in [1.29, 1.82) is 0 Å². The Hall–Kier alpha value is -2.00. The van der Waals surface area contributed by atoms with Gasteiger partial charge in [0.25, 0.3) is 0 Å². The molecule has 6 nitrogen and oxygen atoms in total. The van der Waals surface area contributed by atoms with Crippen molar-refractivity contribution >= 4 is 21.2 Å². The first-order valence-electron chi connectivity index (χ1n) is 11.2. The Bertz CT molecular complexity index is 1160. The molecule has 170 valence electrons. The molecule has 0 bridgehead atoms. The van der Waals surface area contributed by atoms with E-state index in [9.17, 15) is 13.5 Å². The first kappa shape index (κ1) is 21.8. The average molecular weight is 473 g/mol. The number of nitrogens with zero attached hydrogens (tertiary/aromatic N) is 1. The number of sulfone groups is 1. The van der Waals surface area contributed by atoms with Gasteiger partial charge in [-0.3, -0.25) is 0 Å². The van der Waals surface area contributed by atoms with E-state index in [2.05, 4.69) is 16.0 Å². The maximum Gasteiger partial charge on any atom is 0.181 e. The van der Waals surface area contributed by atoms with Gasteiger partial charge >= 0.3 is 0 Å². The molecule has 2 fully saturated rings. The molecule has 3 heterocycles. The fourth-order valence-electron chi connectivity index (χ4n) is 4.46. The van der Waals surface area contributed by atoms with Gasteiger partial charge in [0, 0.05) is 31.0 Å². The van der Waals surface area contributed by atoms with E-state index in [1.807, 2.05) is 18.2 Å². The van der Waals surface area contributed by atoms with Crippen molar-refractivity contribution in [2.24, 2.45) is 5.92 Å². The number of H-pyrrole nitrogens is 1. The van der Waals surface area contributed by atoms with Crippen LogP contribution in [0.15, 0.2) is 47.5 Å². The van der Waals surface area contributed by atoms with Crippen LogP contribution in [0.1, 0.15) is 54.2 Å². The predicted molar refractivity (Wildman–Crippen MR) is 124 cm³/mol. The van der Waals surface area contributed by atoms with Crippen molar-refractivity contribution in [2.45, 2.75) is 54.8 Å². The molecule has 1 aliphatic carbocycles. The molecule has 2 N–H and O–H groups in total. The lowest BCUT2D eigenvalue weighted by molar-refractivity contribution is 0.0626. The number of aromatic nitrogens is 2. The molecule has 0 amide bonds. The van der Waals surface area contributed by atoms with Crippen LogP contribution in [0.25, 0.3) is 10.7 Å². The fraction of sp³-hybridized carbons (Fsp3) is 0.458. The summed E-state index contributed by atoms with van der Waals surface area (Å²) in [5.74, 6) is 0.707. The van der Waals surface area contributed by atoms with Crippen LogP contribution in [-0.2, 0) is 21.2 Å². The third-order valence-electron chi connectivity index (χ3n) is 6.51. The van der Waals surface area contributed by atoms with Gasteiger partial charge in [0.2, 0.25) is 0 Å². The first-order valence-corrected chi connectivity index (χ1v) is 13.6. The molecule has 1 saturated carbocycles. The summed E-state index contributed by atoms with van der Waals surface area (Å²) in [6.07, 6.45) is 6.33. The van der Waals surface area contributed by atoms with Crippen LogP contribution >= 0.6 is 11.3 Å². The third-order valence-corrected chi connectivity index (χ3v) is 9.80. The van der Waals surface area contributed by atoms with E-state index in [0.717, 1.165) is 72.2 Å². The van der Waals surface area contributed by atoms with E-state index in [-0.39, 0.29) is 17.8 Å². The van der Waals surface area contributed by atoms with Gasteiger partial charge < -0.3 is 14.8 Å². The zero-order chi connectivity index (χ0) is 22.1. The van der Waals surface area contributed by atoms with Crippen LogP contribution in [0.3, 0.4) is 0 Å². The molecule has 2 aromatic heterocycles. The van der Waals surface area contributed by atoms with Gasteiger partial charge in [-0.15, -0.1) is 11.3 Å². The molecule has 0 radical (unpaired) electrons. The number of aliphatic hydroxyl groups excluding tert-OH is 1. The second kappa shape index (κ2) is 9.09. The Kier molecular flexibility index (Phi) is 6.20. The van der Waals surface area contributed by atoms with Crippen molar-refractivity contribution in [3.05, 3.63) is 58.7 Å². The summed E-state index contributed by atoms with van der Waals surface area (Å²) < 4.78 is 30.8. The Morgan fingerprint density at radius 2 is 1.84 bits per heavy atom. The molecule has 1 unspecified atom stereocenters. The number of aliphatic hydroxyl groups is 1. The molecule has 5 rings (SSSR count). The van der Waals surface area contributed by atoms with Crippen LogP contribution < -0.4 is 0 Å². The summed E-state index contributed by atoms with van der Waals surface area (Å²) in [4.78, 5) is 9.23. The van der Waals surface area contributed by atoms with Gasteiger partial charge in [-0.1, -0.05) is 12.1 Å². The van der Waals surface area contributed by atoms with E-state index >= 15 is 0 Å². The van der Waals surface area contributed by atoms with Crippen LogP contribution in [0.5, 0.6) is 0 Å². The minimum atomic E-state index is -3.18. The van der Waals surface area contributed by atoms with Crippen molar-refractivity contribution in [3.63, 3.8) is 0 Å². The minimum Gasteiger partial charge on any atom is -0.391 e. The molecule has 0 spiro atoms. The van der Waals surface area contributed by atoms with Crippen molar-refractivity contribution in [2.75, 3.05) is 13.2 Å². The van der Waals surface area contributed by atoms with Crippen LogP contribution in [0.4, 0.5) is 0 Å². The quantitative estimate of drug-likeness (QED) is 0.503. The third kappa shape index (κ3) is 4.55. The largest absolute Gasteiger partial charge is 0.391 e. The van der Waals surface area contributed by atoms with E-state index in [1.54, 1.807) is 18.3 Å². The minimum absolute atomic E-state index is 0.00623. The number of hydrogen-bond acceptors (Lipinski definition) is 6. The van der Waals surface area contributed by atoms with E-state index in [4.69, 9.17) is 4.74 Å². The summed E-state index contributed by atoms with van der Waals surface area (Å²) in [5, 5.41) is 10.0. The van der Waals surface area contributed by atoms with Crippen molar-refractivity contribution < 1.29 is 18.3 Å². The average Bonchev–Trinajstić information content (AvgIpc) is 3.39. The van der Waals surface area contributed by atoms with Gasteiger partial charge in [-0.2, -0.15) is 0 Å². The Labute approximate surface area is 192 Å². The monoisotopic (exact) mass is 472 g/mol. The highest BCUT2D eigenvalue weighted by Crippen LogP contribution is 2.38. The van der Waals surface area contributed by atoms with Gasteiger partial charge in [0.1, 0.15) is 5.01 Å². The van der Waals surface area contributed by atoms with E-state index in [0.29, 0.717) is 10.8 Å². The van der Waals surface area contributed by atoms with Gasteiger partial charge in [-0.25, -0.2) is 13.4 Å². The standard InChI is InChI=1S/C24H28N2O4S2/c27-15-18-14-25-24(31-18)23-8-7-22(26-23)21(13-16-9-11-30-12-10-16)17-1-3-19(4-2-17)32(28,29)20-5-6-20/h1-4,7-8,14,16,20-21,26-27H,5-6,9-13,15H2. The summed E-state index contributed by atoms with van der Waals surface area (Å²) >= 11 is 1.48. The molecule has 2 aliphatic rings. The van der Waals surface area contributed by atoms with Gasteiger partial charge in [0.15, 0.2) is 9.84 Å². The molecule has 1 atom stereocenters. The first-order chi connectivity index (χ1) is 15.5. The summed E-state index contributed by atoms with van der Waals surface area (Å²) in [6, 6.07) is 11.7. The molecule has 3 aromatic rings.